The lowest BCUT2D eigenvalue weighted by Gasteiger charge is -2.09. The number of rotatable bonds is 6. The number of pyridine rings is 1. The molecule has 20 heavy (non-hydrogen) atoms. The van der Waals surface area contributed by atoms with E-state index in [1.807, 2.05) is 24.4 Å². The minimum Gasteiger partial charge on any atom is -0.497 e. The van der Waals surface area contributed by atoms with Gasteiger partial charge < -0.3 is 10.1 Å². The van der Waals surface area contributed by atoms with Crippen molar-refractivity contribution in [1.82, 2.24) is 10.3 Å². The van der Waals surface area contributed by atoms with E-state index in [0.29, 0.717) is 6.04 Å². The predicted octanol–water partition coefficient (Wildman–Crippen LogP) is 3.49. The highest BCUT2D eigenvalue weighted by Gasteiger charge is 2.20. The lowest BCUT2D eigenvalue weighted by atomic mass is 10.3. The van der Waals surface area contributed by atoms with Crippen LogP contribution in [0, 0.1) is 0 Å². The van der Waals surface area contributed by atoms with E-state index in [0.717, 1.165) is 17.3 Å². The summed E-state index contributed by atoms with van der Waals surface area (Å²) < 4.78 is 5.18. The number of methoxy groups -OCH3 is 1. The molecule has 2 aromatic rings. The first-order chi connectivity index (χ1) is 9.85. The summed E-state index contributed by atoms with van der Waals surface area (Å²) in [6, 6.07) is 13.0. The lowest BCUT2D eigenvalue weighted by Crippen LogP contribution is -2.16. The molecule has 1 aromatic heterocycles. The van der Waals surface area contributed by atoms with Gasteiger partial charge in [-0.2, -0.15) is 0 Å². The number of aromatic nitrogens is 1. The van der Waals surface area contributed by atoms with Crippen LogP contribution in [0.4, 0.5) is 0 Å². The molecule has 0 amide bonds. The van der Waals surface area contributed by atoms with Gasteiger partial charge in [0.1, 0.15) is 10.8 Å². The SMILES string of the molecule is COc1ccc(Sc2ncccc2CNC2CC2)cc1. The van der Waals surface area contributed by atoms with E-state index in [4.69, 9.17) is 4.74 Å². The lowest BCUT2D eigenvalue weighted by molar-refractivity contribution is 0.414. The van der Waals surface area contributed by atoms with Gasteiger partial charge in [-0.1, -0.05) is 17.8 Å². The zero-order chi connectivity index (χ0) is 13.8. The molecule has 4 heteroatoms. The van der Waals surface area contributed by atoms with E-state index in [1.165, 1.54) is 23.3 Å². The summed E-state index contributed by atoms with van der Waals surface area (Å²) in [5.74, 6) is 0.881. The molecule has 1 aromatic carbocycles. The molecule has 1 aliphatic rings. The zero-order valence-corrected chi connectivity index (χ0v) is 12.3. The molecule has 0 radical (unpaired) electrons. The third kappa shape index (κ3) is 3.52. The molecule has 0 unspecified atom stereocenters. The van der Waals surface area contributed by atoms with Gasteiger partial charge in [0.25, 0.3) is 0 Å². The molecule has 1 heterocycles. The van der Waals surface area contributed by atoms with Crippen molar-refractivity contribution in [2.45, 2.75) is 35.3 Å². The van der Waals surface area contributed by atoms with Gasteiger partial charge in [-0.25, -0.2) is 4.98 Å². The van der Waals surface area contributed by atoms with Crippen molar-refractivity contribution in [3.05, 3.63) is 48.2 Å². The maximum absolute atomic E-state index is 5.18. The molecule has 0 spiro atoms. The molecule has 1 aliphatic carbocycles. The van der Waals surface area contributed by atoms with Crippen molar-refractivity contribution >= 4 is 11.8 Å². The van der Waals surface area contributed by atoms with Crippen LogP contribution in [0.25, 0.3) is 0 Å². The highest BCUT2D eigenvalue weighted by molar-refractivity contribution is 7.99. The van der Waals surface area contributed by atoms with Crippen LogP contribution < -0.4 is 10.1 Å². The molecule has 104 valence electrons. The standard InChI is InChI=1S/C16H18N2OS/c1-19-14-6-8-15(9-7-14)20-16-12(3-2-10-17-16)11-18-13-4-5-13/h2-3,6-10,13,18H,4-5,11H2,1H3. The Labute approximate surface area is 123 Å². The zero-order valence-electron chi connectivity index (χ0n) is 11.5. The van der Waals surface area contributed by atoms with Crippen molar-refractivity contribution in [2.24, 2.45) is 0 Å². The van der Waals surface area contributed by atoms with Crippen LogP contribution in [0.1, 0.15) is 18.4 Å². The van der Waals surface area contributed by atoms with E-state index in [-0.39, 0.29) is 0 Å². The third-order valence-electron chi connectivity index (χ3n) is 3.28. The fraction of sp³-hybridized carbons (Fsp3) is 0.312. The Morgan fingerprint density at radius 1 is 1.25 bits per heavy atom. The molecular formula is C16H18N2OS. The van der Waals surface area contributed by atoms with E-state index < -0.39 is 0 Å². The van der Waals surface area contributed by atoms with Crippen LogP contribution in [-0.2, 0) is 6.54 Å². The molecule has 1 N–H and O–H groups in total. The molecule has 0 saturated heterocycles. The molecule has 0 bridgehead atoms. The second-order valence-corrected chi connectivity index (χ2v) is 5.96. The Balaban J connectivity index is 1.71. The van der Waals surface area contributed by atoms with Gasteiger partial charge in [0, 0.05) is 23.7 Å². The molecule has 0 aliphatic heterocycles. The number of nitrogens with zero attached hydrogens (tertiary/aromatic N) is 1. The topological polar surface area (TPSA) is 34.1 Å². The molecule has 1 fully saturated rings. The summed E-state index contributed by atoms with van der Waals surface area (Å²) >= 11 is 1.70. The average Bonchev–Trinajstić information content (AvgIpc) is 3.31. The Kier molecular flexibility index (Phi) is 4.23. The maximum Gasteiger partial charge on any atom is 0.118 e. The molecule has 3 nitrogen and oxygen atoms in total. The van der Waals surface area contributed by atoms with Crippen molar-refractivity contribution < 1.29 is 4.74 Å². The van der Waals surface area contributed by atoms with E-state index >= 15 is 0 Å². The fourth-order valence-corrected chi connectivity index (χ4v) is 2.83. The third-order valence-corrected chi connectivity index (χ3v) is 4.35. The van der Waals surface area contributed by atoms with Crippen LogP contribution in [-0.4, -0.2) is 18.1 Å². The highest BCUT2D eigenvalue weighted by Crippen LogP contribution is 2.30. The van der Waals surface area contributed by atoms with Gasteiger partial charge in [0.05, 0.1) is 7.11 Å². The van der Waals surface area contributed by atoms with Crippen LogP contribution in [0.5, 0.6) is 5.75 Å². The van der Waals surface area contributed by atoms with Crippen LogP contribution in [0.2, 0.25) is 0 Å². The maximum atomic E-state index is 5.18. The Morgan fingerprint density at radius 3 is 2.75 bits per heavy atom. The fourth-order valence-electron chi connectivity index (χ4n) is 1.95. The molecular weight excluding hydrogens is 268 g/mol. The summed E-state index contributed by atoms with van der Waals surface area (Å²) in [5.41, 5.74) is 1.26. The Bertz CT molecular complexity index is 567. The second kappa shape index (κ2) is 6.29. The number of benzene rings is 1. The molecule has 3 rings (SSSR count). The number of ether oxygens (including phenoxy) is 1. The van der Waals surface area contributed by atoms with E-state index in [2.05, 4.69) is 28.5 Å². The predicted molar refractivity (Wildman–Crippen MR) is 81.2 cm³/mol. The molecule has 1 saturated carbocycles. The average molecular weight is 286 g/mol. The first kappa shape index (κ1) is 13.5. The first-order valence-corrected chi connectivity index (χ1v) is 7.66. The summed E-state index contributed by atoms with van der Waals surface area (Å²) in [7, 11) is 1.68. The van der Waals surface area contributed by atoms with Crippen molar-refractivity contribution in [2.75, 3.05) is 7.11 Å². The van der Waals surface area contributed by atoms with Crippen LogP contribution in [0.15, 0.2) is 52.5 Å². The monoisotopic (exact) mass is 286 g/mol. The summed E-state index contributed by atoms with van der Waals surface area (Å²) in [6.07, 6.45) is 4.47. The first-order valence-electron chi connectivity index (χ1n) is 6.84. The van der Waals surface area contributed by atoms with Gasteiger partial charge in [0.2, 0.25) is 0 Å². The molecule has 0 atom stereocenters. The number of nitrogens with one attached hydrogen (secondary N) is 1. The smallest absolute Gasteiger partial charge is 0.118 e. The highest BCUT2D eigenvalue weighted by atomic mass is 32.2. The van der Waals surface area contributed by atoms with Gasteiger partial charge >= 0.3 is 0 Å². The normalized spacial score (nSPS) is 14.2. The van der Waals surface area contributed by atoms with E-state index in [9.17, 15) is 0 Å². The van der Waals surface area contributed by atoms with Crippen molar-refractivity contribution in [3.63, 3.8) is 0 Å². The van der Waals surface area contributed by atoms with Crippen molar-refractivity contribution in [3.8, 4) is 5.75 Å². The van der Waals surface area contributed by atoms with Gasteiger partial charge in [-0.3, -0.25) is 0 Å². The minimum absolute atomic E-state index is 0.717. The number of hydrogen-bond acceptors (Lipinski definition) is 4. The largest absolute Gasteiger partial charge is 0.497 e. The van der Waals surface area contributed by atoms with Crippen molar-refractivity contribution in [1.29, 1.82) is 0 Å². The summed E-state index contributed by atoms with van der Waals surface area (Å²) in [6.45, 7) is 0.900. The second-order valence-electron chi connectivity index (χ2n) is 4.90. The summed E-state index contributed by atoms with van der Waals surface area (Å²) in [4.78, 5) is 5.68. The quantitative estimate of drug-likeness (QED) is 0.881. The minimum atomic E-state index is 0.717. The van der Waals surface area contributed by atoms with Crippen LogP contribution in [0.3, 0.4) is 0 Å². The van der Waals surface area contributed by atoms with Gasteiger partial charge in [0.15, 0.2) is 0 Å². The number of hydrogen-bond donors (Lipinski definition) is 1. The Morgan fingerprint density at radius 2 is 2.05 bits per heavy atom. The van der Waals surface area contributed by atoms with E-state index in [1.54, 1.807) is 18.9 Å². The van der Waals surface area contributed by atoms with Gasteiger partial charge in [-0.05, 0) is 48.7 Å². The summed E-state index contributed by atoms with van der Waals surface area (Å²) in [5, 5.41) is 4.62. The Hall–Kier alpha value is -1.52. The van der Waals surface area contributed by atoms with Gasteiger partial charge in [-0.15, -0.1) is 0 Å². The van der Waals surface area contributed by atoms with Crippen LogP contribution >= 0.6 is 11.8 Å².